The fraction of sp³-hybridized carbons (Fsp3) is 0.211. The fourth-order valence-electron chi connectivity index (χ4n) is 2.50. The maximum absolute atomic E-state index is 12.3. The van der Waals surface area contributed by atoms with Gasteiger partial charge in [-0.1, -0.05) is 36.4 Å². The average Bonchev–Trinajstić information content (AvgIpc) is 3.18. The van der Waals surface area contributed by atoms with Gasteiger partial charge in [-0.15, -0.1) is 11.3 Å². The highest BCUT2D eigenvalue weighted by Gasteiger charge is 2.14. The quantitative estimate of drug-likeness (QED) is 0.741. The van der Waals surface area contributed by atoms with Crippen molar-refractivity contribution in [3.63, 3.8) is 0 Å². The van der Waals surface area contributed by atoms with Crippen LogP contribution < -0.4 is 10.9 Å². The van der Waals surface area contributed by atoms with Gasteiger partial charge in [-0.2, -0.15) is 5.10 Å². The van der Waals surface area contributed by atoms with Gasteiger partial charge in [0.2, 0.25) is 5.91 Å². The topological polar surface area (TPSA) is 64.0 Å². The largest absolute Gasteiger partial charge is 0.354 e. The zero-order chi connectivity index (χ0) is 17.6. The molecule has 5 nitrogen and oxygen atoms in total. The average molecular weight is 353 g/mol. The first-order chi connectivity index (χ1) is 12.1. The van der Waals surface area contributed by atoms with Crippen LogP contribution in [0.5, 0.6) is 0 Å². The number of nitrogens with one attached hydrogen (secondary N) is 1. The van der Waals surface area contributed by atoms with Crippen LogP contribution in [0.1, 0.15) is 18.4 Å². The Labute approximate surface area is 150 Å². The molecule has 0 saturated carbocycles. The summed E-state index contributed by atoms with van der Waals surface area (Å²) in [6.07, 6.45) is 0. The first-order valence-electron chi connectivity index (χ1n) is 8.10. The Morgan fingerprint density at radius 3 is 2.68 bits per heavy atom. The van der Waals surface area contributed by atoms with Gasteiger partial charge in [-0.3, -0.25) is 9.59 Å². The van der Waals surface area contributed by atoms with Crippen LogP contribution in [0.3, 0.4) is 0 Å². The minimum atomic E-state index is -0.233. The molecular formula is C19H19N3O2S. The van der Waals surface area contributed by atoms with Gasteiger partial charge in [0.1, 0.15) is 5.69 Å². The Hall–Kier alpha value is -2.73. The van der Waals surface area contributed by atoms with E-state index in [0.29, 0.717) is 13.1 Å². The SMILES string of the molecule is CC(C(=O)NCCn1nc(-c2cccs2)ccc1=O)c1ccccc1. The summed E-state index contributed by atoms with van der Waals surface area (Å²) in [7, 11) is 0. The first-order valence-corrected chi connectivity index (χ1v) is 8.98. The summed E-state index contributed by atoms with van der Waals surface area (Å²) in [6, 6.07) is 16.8. The van der Waals surface area contributed by atoms with Crippen molar-refractivity contribution in [2.45, 2.75) is 19.4 Å². The summed E-state index contributed by atoms with van der Waals surface area (Å²) >= 11 is 1.57. The van der Waals surface area contributed by atoms with Crippen LogP contribution in [-0.2, 0) is 11.3 Å². The van der Waals surface area contributed by atoms with Crippen molar-refractivity contribution in [1.29, 1.82) is 0 Å². The Bertz CT molecular complexity index is 889. The van der Waals surface area contributed by atoms with Crippen LogP contribution in [0.15, 0.2) is 64.8 Å². The van der Waals surface area contributed by atoms with Crippen LogP contribution in [0.4, 0.5) is 0 Å². The summed E-state index contributed by atoms with van der Waals surface area (Å²) < 4.78 is 1.39. The van der Waals surface area contributed by atoms with Crippen molar-refractivity contribution in [1.82, 2.24) is 15.1 Å². The number of hydrogen-bond donors (Lipinski definition) is 1. The molecule has 0 aliphatic rings. The monoisotopic (exact) mass is 353 g/mol. The highest BCUT2D eigenvalue weighted by atomic mass is 32.1. The van der Waals surface area contributed by atoms with Gasteiger partial charge in [0.05, 0.1) is 17.3 Å². The summed E-state index contributed by atoms with van der Waals surface area (Å²) in [5.41, 5.74) is 1.55. The molecule has 1 N–H and O–H groups in total. The molecular weight excluding hydrogens is 334 g/mol. The van der Waals surface area contributed by atoms with Crippen LogP contribution in [0.25, 0.3) is 10.6 Å². The van der Waals surface area contributed by atoms with Gasteiger partial charge in [0, 0.05) is 12.6 Å². The third-order valence-electron chi connectivity index (χ3n) is 3.96. The lowest BCUT2D eigenvalue weighted by molar-refractivity contribution is -0.122. The Kier molecular flexibility index (Phi) is 5.40. The molecule has 0 fully saturated rings. The van der Waals surface area contributed by atoms with E-state index < -0.39 is 0 Å². The van der Waals surface area contributed by atoms with Crippen molar-refractivity contribution in [2.75, 3.05) is 6.54 Å². The highest BCUT2D eigenvalue weighted by Crippen LogP contribution is 2.21. The number of hydrogen-bond acceptors (Lipinski definition) is 4. The molecule has 25 heavy (non-hydrogen) atoms. The molecule has 0 spiro atoms. The number of amides is 1. The number of nitrogens with zero attached hydrogens (tertiary/aromatic N) is 2. The summed E-state index contributed by atoms with van der Waals surface area (Å²) in [6.45, 7) is 2.56. The highest BCUT2D eigenvalue weighted by molar-refractivity contribution is 7.13. The number of carbonyl (C=O) groups excluding carboxylic acids is 1. The molecule has 1 amide bonds. The number of benzene rings is 1. The second kappa shape index (κ2) is 7.90. The van der Waals surface area contributed by atoms with Crippen molar-refractivity contribution in [3.8, 4) is 10.6 Å². The lowest BCUT2D eigenvalue weighted by atomic mass is 10.0. The van der Waals surface area contributed by atoms with Gasteiger partial charge >= 0.3 is 0 Å². The molecule has 1 unspecified atom stereocenters. The molecule has 1 aromatic carbocycles. The lowest BCUT2D eigenvalue weighted by Gasteiger charge is -2.13. The van der Waals surface area contributed by atoms with E-state index in [1.807, 2.05) is 54.8 Å². The Balaban J connectivity index is 1.61. The predicted octanol–water partition coefficient (Wildman–Crippen LogP) is 2.89. The number of carbonyl (C=O) groups is 1. The second-order valence-electron chi connectivity index (χ2n) is 5.68. The minimum absolute atomic E-state index is 0.0614. The fourth-order valence-corrected chi connectivity index (χ4v) is 3.19. The first kappa shape index (κ1) is 17.1. The van der Waals surface area contributed by atoms with Gasteiger partial charge < -0.3 is 5.32 Å². The van der Waals surface area contributed by atoms with Gasteiger partial charge in [0.25, 0.3) is 5.56 Å². The van der Waals surface area contributed by atoms with Gasteiger partial charge in [-0.05, 0) is 30.0 Å². The third-order valence-corrected chi connectivity index (χ3v) is 4.85. The summed E-state index contributed by atoms with van der Waals surface area (Å²) in [5.74, 6) is -0.294. The van der Waals surface area contributed by atoms with E-state index in [1.54, 1.807) is 17.4 Å². The smallest absolute Gasteiger partial charge is 0.266 e. The molecule has 0 aliphatic heterocycles. The molecule has 2 heterocycles. The van der Waals surface area contributed by atoms with E-state index in [0.717, 1.165) is 16.1 Å². The molecule has 3 aromatic rings. The van der Waals surface area contributed by atoms with E-state index in [-0.39, 0.29) is 17.4 Å². The van der Waals surface area contributed by atoms with Crippen LogP contribution in [0, 0.1) is 0 Å². The van der Waals surface area contributed by atoms with Crippen LogP contribution in [0.2, 0.25) is 0 Å². The molecule has 6 heteroatoms. The summed E-state index contributed by atoms with van der Waals surface area (Å²) in [5, 5.41) is 9.22. The van der Waals surface area contributed by atoms with Gasteiger partial charge in [-0.25, -0.2) is 4.68 Å². The molecule has 128 valence electrons. The van der Waals surface area contributed by atoms with Crippen molar-refractivity contribution < 1.29 is 4.79 Å². The Morgan fingerprint density at radius 2 is 1.96 bits per heavy atom. The maximum atomic E-state index is 12.3. The molecule has 0 bridgehead atoms. The molecule has 0 aliphatic carbocycles. The number of aromatic nitrogens is 2. The zero-order valence-corrected chi connectivity index (χ0v) is 14.7. The standard InChI is InChI=1S/C19H19N3O2S/c1-14(15-6-3-2-4-7-15)19(24)20-11-12-22-18(23)10-9-16(21-22)17-8-5-13-25-17/h2-10,13-14H,11-12H2,1H3,(H,20,24). The normalized spacial score (nSPS) is 11.9. The zero-order valence-electron chi connectivity index (χ0n) is 13.9. The third kappa shape index (κ3) is 4.22. The van der Waals surface area contributed by atoms with E-state index in [2.05, 4.69) is 10.4 Å². The molecule has 3 rings (SSSR count). The lowest BCUT2D eigenvalue weighted by Crippen LogP contribution is -2.34. The molecule has 2 aromatic heterocycles. The number of thiophene rings is 1. The van der Waals surface area contributed by atoms with E-state index in [4.69, 9.17) is 0 Å². The second-order valence-corrected chi connectivity index (χ2v) is 6.63. The maximum Gasteiger partial charge on any atom is 0.266 e. The van der Waals surface area contributed by atoms with E-state index in [9.17, 15) is 9.59 Å². The molecule has 0 saturated heterocycles. The number of rotatable bonds is 6. The molecule has 0 radical (unpaired) electrons. The van der Waals surface area contributed by atoms with Crippen LogP contribution >= 0.6 is 11.3 Å². The van der Waals surface area contributed by atoms with E-state index in [1.165, 1.54) is 10.7 Å². The predicted molar refractivity (Wildman–Crippen MR) is 99.7 cm³/mol. The van der Waals surface area contributed by atoms with Crippen molar-refractivity contribution in [2.24, 2.45) is 0 Å². The summed E-state index contributed by atoms with van der Waals surface area (Å²) in [4.78, 5) is 25.2. The van der Waals surface area contributed by atoms with Crippen molar-refractivity contribution >= 4 is 17.2 Å². The van der Waals surface area contributed by atoms with E-state index >= 15 is 0 Å². The Morgan fingerprint density at radius 1 is 1.16 bits per heavy atom. The van der Waals surface area contributed by atoms with Gasteiger partial charge in [0.15, 0.2) is 0 Å². The van der Waals surface area contributed by atoms with Crippen LogP contribution in [-0.4, -0.2) is 22.2 Å². The van der Waals surface area contributed by atoms with Crippen molar-refractivity contribution in [3.05, 3.63) is 75.9 Å². The molecule has 1 atom stereocenters. The minimum Gasteiger partial charge on any atom is -0.354 e.